The van der Waals surface area contributed by atoms with Gasteiger partial charge in [0.15, 0.2) is 11.5 Å². The minimum Gasteiger partial charge on any atom is -0.504 e. The van der Waals surface area contributed by atoms with Crippen LogP contribution in [-0.4, -0.2) is 35.0 Å². The largest absolute Gasteiger partial charge is 0.504 e. The lowest BCUT2D eigenvalue weighted by molar-refractivity contribution is -0.116. The molecule has 0 saturated heterocycles. The van der Waals surface area contributed by atoms with E-state index in [4.69, 9.17) is 9.47 Å². The molecular weight excluding hydrogens is 358 g/mol. The number of phenolic OH excluding ortho intramolecular Hbond substituents is 1. The number of phenols is 1. The molecule has 1 aliphatic rings. The van der Waals surface area contributed by atoms with E-state index in [2.05, 4.69) is 10.4 Å². The van der Waals surface area contributed by atoms with Gasteiger partial charge in [0, 0.05) is 17.9 Å². The summed E-state index contributed by atoms with van der Waals surface area (Å²) in [5, 5.41) is 17.5. The molecule has 1 aliphatic heterocycles. The molecule has 2 aromatic carbocycles. The smallest absolute Gasteiger partial charge is 0.226 e. The monoisotopic (exact) mass is 379 g/mol. The second-order valence-electron chi connectivity index (χ2n) is 6.69. The maximum absolute atomic E-state index is 12.5. The number of aromatic hydroxyl groups is 1. The Hall–Kier alpha value is -3.48. The Kier molecular flexibility index (Phi) is 4.43. The van der Waals surface area contributed by atoms with E-state index in [1.54, 1.807) is 23.9 Å². The van der Waals surface area contributed by atoms with Crippen LogP contribution in [0.4, 0.5) is 5.82 Å². The average molecular weight is 379 g/mol. The number of hydrogen-bond acceptors (Lipinski definition) is 5. The molecule has 2 heterocycles. The predicted octanol–water partition coefficient (Wildman–Crippen LogP) is 3.38. The van der Waals surface area contributed by atoms with Gasteiger partial charge in [0.25, 0.3) is 0 Å². The highest BCUT2D eigenvalue weighted by molar-refractivity contribution is 5.95. The van der Waals surface area contributed by atoms with Gasteiger partial charge in [0.05, 0.1) is 25.6 Å². The molecule has 144 valence electrons. The fourth-order valence-corrected chi connectivity index (χ4v) is 3.65. The molecule has 0 bridgehead atoms. The number of aromatic nitrogens is 2. The second kappa shape index (κ2) is 6.92. The Balaban J connectivity index is 1.83. The first kappa shape index (κ1) is 17.9. The minimum absolute atomic E-state index is 0.0670. The summed E-state index contributed by atoms with van der Waals surface area (Å²) >= 11 is 0. The van der Waals surface area contributed by atoms with E-state index in [0.29, 0.717) is 18.0 Å². The fraction of sp³-hybridized carbons (Fsp3) is 0.238. The summed E-state index contributed by atoms with van der Waals surface area (Å²) in [6.07, 6.45) is 0.302. The molecule has 28 heavy (non-hydrogen) atoms. The Morgan fingerprint density at radius 3 is 2.57 bits per heavy atom. The third-order valence-corrected chi connectivity index (χ3v) is 5.03. The topological polar surface area (TPSA) is 85.6 Å². The van der Waals surface area contributed by atoms with Crippen molar-refractivity contribution in [3.05, 3.63) is 59.3 Å². The van der Waals surface area contributed by atoms with Crippen LogP contribution in [0.15, 0.2) is 42.5 Å². The number of carbonyl (C=O) groups excluding carboxylic acids is 1. The van der Waals surface area contributed by atoms with Gasteiger partial charge in [-0.2, -0.15) is 5.10 Å². The van der Waals surface area contributed by atoms with E-state index in [9.17, 15) is 9.90 Å². The van der Waals surface area contributed by atoms with Crippen LogP contribution in [0.5, 0.6) is 17.2 Å². The van der Waals surface area contributed by atoms with Crippen molar-refractivity contribution in [2.75, 3.05) is 19.5 Å². The van der Waals surface area contributed by atoms with Crippen LogP contribution in [0, 0.1) is 6.92 Å². The third-order valence-electron chi connectivity index (χ3n) is 5.03. The highest BCUT2D eigenvalue weighted by atomic mass is 16.5. The first-order valence-corrected chi connectivity index (χ1v) is 8.92. The summed E-state index contributed by atoms with van der Waals surface area (Å²) in [6.45, 7) is 1.93. The predicted molar refractivity (Wildman–Crippen MR) is 105 cm³/mol. The summed E-state index contributed by atoms with van der Waals surface area (Å²) in [5.74, 6) is 1.60. The number of nitrogens with one attached hydrogen (secondary N) is 1. The first-order chi connectivity index (χ1) is 13.5. The average Bonchev–Trinajstić information content (AvgIpc) is 3.04. The highest BCUT2D eigenvalue weighted by Crippen LogP contribution is 2.42. The van der Waals surface area contributed by atoms with Crippen LogP contribution in [0.3, 0.4) is 0 Å². The number of anilines is 1. The number of nitrogens with zero attached hydrogens (tertiary/aromatic N) is 2. The number of amides is 1. The molecule has 1 amide bonds. The normalized spacial score (nSPS) is 15.7. The molecule has 1 unspecified atom stereocenters. The van der Waals surface area contributed by atoms with E-state index >= 15 is 0 Å². The van der Waals surface area contributed by atoms with E-state index in [1.807, 2.05) is 37.3 Å². The highest BCUT2D eigenvalue weighted by Gasteiger charge is 2.33. The van der Waals surface area contributed by atoms with Crippen molar-refractivity contribution in [2.24, 2.45) is 0 Å². The summed E-state index contributed by atoms with van der Waals surface area (Å²) in [5.41, 5.74) is 3.52. The van der Waals surface area contributed by atoms with Crippen LogP contribution in [0.25, 0.3) is 5.69 Å². The van der Waals surface area contributed by atoms with Gasteiger partial charge in [-0.3, -0.25) is 4.79 Å². The van der Waals surface area contributed by atoms with Gasteiger partial charge in [-0.25, -0.2) is 4.68 Å². The summed E-state index contributed by atoms with van der Waals surface area (Å²) in [7, 11) is 3.12. The van der Waals surface area contributed by atoms with Gasteiger partial charge in [0.2, 0.25) is 5.91 Å². The lowest BCUT2D eigenvalue weighted by Gasteiger charge is -2.25. The van der Waals surface area contributed by atoms with Crippen molar-refractivity contribution in [1.82, 2.24) is 9.78 Å². The molecule has 3 aromatic rings. The minimum atomic E-state index is -0.176. The van der Waals surface area contributed by atoms with Crippen LogP contribution in [0.2, 0.25) is 0 Å². The summed E-state index contributed by atoms with van der Waals surface area (Å²) in [6, 6.07) is 12.7. The molecule has 0 radical (unpaired) electrons. The number of methoxy groups -OCH3 is 2. The number of ether oxygens (including phenoxy) is 2. The number of hydrogen-bond donors (Lipinski definition) is 2. The Morgan fingerprint density at radius 2 is 1.89 bits per heavy atom. The Morgan fingerprint density at radius 1 is 1.14 bits per heavy atom. The van der Waals surface area contributed by atoms with Gasteiger partial charge >= 0.3 is 0 Å². The third kappa shape index (κ3) is 2.94. The Bertz CT molecular complexity index is 1040. The zero-order valence-electron chi connectivity index (χ0n) is 15.9. The van der Waals surface area contributed by atoms with Crippen molar-refractivity contribution >= 4 is 11.7 Å². The molecule has 0 fully saturated rings. The number of carbonyl (C=O) groups is 1. The maximum Gasteiger partial charge on any atom is 0.226 e. The van der Waals surface area contributed by atoms with Gasteiger partial charge in [0.1, 0.15) is 11.6 Å². The summed E-state index contributed by atoms with van der Waals surface area (Å²) < 4.78 is 12.2. The zero-order chi connectivity index (χ0) is 19.8. The van der Waals surface area contributed by atoms with Gasteiger partial charge in [-0.05, 0) is 48.9 Å². The fourth-order valence-electron chi connectivity index (χ4n) is 3.65. The molecule has 7 heteroatoms. The van der Waals surface area contributed by atoms with Crippen LogP contribution < -0.4 is 14.8 Å². The zero-order valence-corrected chi connectivity index (χ0v) is 15.9. The molecule has 0 spiro atoms. The quantitative estimate of drug-likeness (QED) is 0.726. The lowest BCUT2D eigenvalue weighted by Crippen LogP contribution is -2.25. The van der Waals surface area contributed by atoms with Crippen molar-refractivity contribution < 1.29 is 19.4 Å². The molecule has 0 saturated carbocycles. The van der Waals surface area contributed by atoms with Crippen molar-refractivity contribution in [2.45, 2.75) is 19.3 Å². The molecular formula is C21H21N3O4. The van der Waals surface area contributed by atoms with Crippen molar-refractivity contribution in [3.63, 3.8) is 0 Å². The standard InChI is InChI=1S/C21H21N3O4/c1-12-20-16(13-4-9-17(25)18(10-13)28-3)11-19(26)22-21(20)24(23-12)14-5-7-15(27-2)8-6-14/h4-10,16,25H,11H2,1-3H3,(H,22,26). The number of fused-ring (bicyclic) bond motifs is 1. The SMILES string of the molecule is COc1ccc(-n2nc(C)c3c2NC(=O)CC3c2ccc(O)c(OC)c2)cc1. The summed E-state index contributed by atoms with van der Waals surface area (Å²) in [4.78, 5) is 12.5. The first-order valence-electron chi connectivity index (χ1n) is 8.92. The van der Waals surface area contributed by atoms with E-state index in [0.717, 1.165) is 28.3 Å². The second-order valence-corrected chi connectivity index (χ2v) is 6.69. The molecule has 2 N–H and O–H groups in total. The van der Waals surface area contributed by atoms with Crippen LogP contribution in [-0.2, 0) is 4.79 Å². The van der Waals surface area contributed by atoms with Crippen molar-refractivity contribution in [3.8, 4) is 22.9 Å². The van der Waals surface area contributed by atoms with E-state index < -0.39 is 0 Å². The van der Waals surface area contributed by atoms with Gasteiger partial charge < -0.3 is 19.9 Å². The number of benzene rings is 2. The molecule has 0 aliphatic carbocycles. The van der Waals surface area contributed by atoms with Crippen LogP contribution >= 0.6 is 0 Å². The van der Waals surface area contributed by atoms with Gasteiger partial charge in [-0.1, -0.05) is 6.07 Å². The van der Waals surface area contributed by atoms with Crippen LogP contribution in [0.1, 0.15) is 29.2 Å². The number of aryl methyl sites for hydroxylation is 1. The Labute approximate surface area is 162 Å². The van der Waals surface area contributed by atoms with E-state index in [1.165, 1.54) is 7.11 Å². The molecule has 4 rings (SSSR count). The maximum atomic E-state index is 12.5. The molecule has 1 aromatic heterocycles. The molecule has 1 atom stereocenters. The van der Waals surface area contributed by atoms with Crippen molar-refractivity contribution in [1.29, 1.82) is 0 Å². The van der Waals surface area contributed by atoms with Gasteiger partial charge in [-0.15, -0.1) is 0 Å². The lowest BCUT2D eigenvalue weighted by atomic mass is 9.85. The number of rotatable bonds is 4. The molecule has 7 nitrogen and oxygen atoms in total. The van der Waals surface area contributed by atoms with E-state index in [-0.39, 0.29) is 17.6 Å².